The number of hydrogen-bond donors (Lipinski definition) is 3. The zero-order valence-electron chi connectivity index (χ0n) is 20.7. The fraction of sp³-hybridized carbons (Fsp3) is 0.654. The molecule has 0 radical (unpaired) electrons. The number of fused-ring (bicyclic) bond motifs is 1. The Morgan fingerprint density at radius 1 is 1.18 bits per heavy atom. The Morgan fingerprint density at radius 2 is 1.85 bits per heavy atom. The van der Waals surface area contributed by atoms with Gasteiger partial charge in [0.15, 0.2) is 0 Å². The van der Waals surface area contributed by atoms with Crippen molar-refractivity contribution in [1.82, 2.24) is 10.2 Å². The summed E-state index contributed by atoms with van der Waals surface area (Å²) in [6.45, 7) is 9.69. The molecule has 8 heteroatoms. The van der Waals surface area contributed by atoms with Gasteiger partial charge >= 0.3 is 0 Å². The highest BCUT2D eigenvalue weighted by atomic mass is 32.2. The van der Waals surface area contributed by atoms with Crippen LogP contribution in [-0.4, -0.2) is 62.0 Å². The van der Waals surface area contributed by atoms with Gasteiger partial charge in [-0.15, -0.1) is 11.8 Å². The standard InChI is InChI=1S/C26H37N3O4S/c1-6-16(4)18(14-30)29-21(23(32)27-15(2)3)26-13-12-25(5,34-26)19(20(26)24(29)33)22(31)28-17-10-8-7-9-11-17/h7-11,15-16,18-21,30H,6,12-14H2,1-5H3,(H,27,32)(H,28,31)/t16-,18-,19-,20-,21?,25+,26?/m0/s1. The van der Waals surface area contributed by atoms with E-state index in [1.54, 1.807) is 16.7 Å². The number of hydrogen-bond acceptors (Lipinski definition) is 5. The van der Waals surface area contributed by atoms with Crippen molar-refractivity contribution in [2.24, 2.45) is 17.8 Å². The number of benzene rings is 1. The predicted octanol–water partition coefficient (Wildman–Crippen LogP) is 3.04. The van der Waals surface area contributed by atoms with Gasteiger partial charge in [0.25, 0.3) is 0 Å². The van der Waals surface area contributed by atoms with Crippen LogP contribution in [0.15, 0.2) is 30.3 Å². The Kier molecular flexibility index (Phi) is 6.77. The van der Waals surface area contributed by atoms with E-state index in [0.717, 1.165) is 12.8 Å². The normalized spacial score (nSPS) is 33.7. The van der Waals surface area contributed by atoms with Gasteiger partial charge in [0.2, 0.25) is 17.7 Å². The summed E-state index contributed by atoms with van der Waals surface area (Å²) in [7, 11) is 0. The number of likely N-dealkylation sites (tertiary alicyclic amines) is 1. The third-order valence-corrected chi connectivity index (χ3v) is 10.0. The molecule has 3 saturated heterocycles. The highest BCUT2D eigenvalue weighted by Gasteiger charge is 2.77. The lowest BCUT2D eigenvalue weighted by Gasteiger charge is -2.39. The second-order valence-electron chi connectivity index (χ2n) is 10.6. The molecule has 186 valence electrons. The van der Waals surface area contributed by atoms with Crippen LogP contribution in [0.25, 0.3) is 0 Å². The van der Waals surface area contributed by atoms with Crippen LogP contribution in [0.4, 0.5) is 5.69 Å². The Morgan fingerprint density at radius 3 is 2.44 bits per heavy atom. The van der Waals surface area contributed by atoms with E-state index in [1.807, 2.05) is 58.0 Å². The molecule has 0 aromatic heterocycles. The fourth-order valence-electron chi connectivity index (χ4n) is 6.34. The van der Waals surface area contributed by atoms with Gasteiger partial charge in [-0.05, 0) is 51.7 Å². The molecule has 3 aliphatic rings. The molecule has 2 bridgehead atoms. The van der Waals surface area contributed by atoms with Crippen LogP contribution in [0.3, 0.4) is 0 Å². The molecular weight excluding hydrogens is 450 g/mol. The third kappa shape index (κ3) is 3.83. The van der Waals surface area contributed by atoms with Crippen LogP contribution in [-0.2, 0) is 14.4 Å². The van der Waals surface area contributed by atoms with Gasteiger partial charge in [-0.25, -0.2) is 0 Å². The smallest absolute Gasteiger partial charge is 0.244 e. The number of aliphatic hydroxyl groups is 1. The van der Waals surface area contributed by atoms with Crippen molar-refractivity contribution >= 4 is 35.2 Å². The van der Waals surface area contributed by atoms with Gasteiger partial charge in [0, 0.05) is 16.5 Å². The maximum Gasteiger partial charge on any atom is 0.244 e. The molecule has 3 heterocycles. The minimum absolute atomic E-state index is 0.0212. The van der Waals surface area contributed by atoms with Crippen molar-refractivity contribution in [1.29, 1.82) is 0 Å². The summed E-state index contributed by atoms with van der Waals surface area (Å²) in [6.07, 6.45) is 2.24. The summed E-state index contributed by atoms with van der Waals surface area (Å²) in [5, 5.41) is 16.4. The van der Waals surface area contributed by atoms with E-state index in [2.05, 4.69) is 17.6 Å². The Labute approximate surface area is 206 Å². The Hall–Kier alpha value is -2.06. The lowest BCUT2D eigenvalue weighted by atomic mass is 9.66. The molecule has 3 fully saturated rings. The van der Waals surface area contributed by atoms with Crippen molar-refractivity contribution in [2.75, 3.05) is 11.9 Å². The number of anilines is 1. The number of para-hydroxylation sites is 1. The number of nitrogens with one attached hydrogen (secondary N) is 2. The summed E-state index contributed by atoms with van der Waals surface area (Å²) in [5.41, 5.74) is 0.696. The molecular formula is C26H37N3O4S. The molecule has 3 aliphatic heterocycles. The molecule has 1 aromatic rings. The number of aliphatic hydroxyl groups excluding tert-OH is 1. The number of carbonyl (C=O) groups excluding carboxylic acids is 3. The van der Waals surface area contributed by atoms with Gasteiger partial charge in [-0.1, -0.05) is 38.5 Å². The first-order valence-electron chi connectivity index (χ1n) is 12.4. The minimum atomic E-state index is -0.708. The van der Waals surface area contributed by atoms with Gasteiger partial charge in [-0.2, -0.15) is 0 Å². The zero-order chi connectivity index (χ0) is 24.8. The van der Waals surface area contributed by atoms with Crippen LogP contribution < -0.4 is 10.6 Å². The Balaban J connectivity index is 1.77. The minimum Gasteiger partial charge on any atom is -0.394 e. The molecule has 2 unspecified atom stereocenters. The average molecular weight is 488 g/mol. The van der Waals surface area contributed by atoms with Crippen molar-refractivity contribution in [3.63, 3.8) is 0 Å². The molecule has 0 aliphatic carbocycles. The van der Waals surface area contributed by atoms with Crippen LogP contribution in [0.2, 0.25) is 0 Å². The topological polar surface area (TPSA) is 98.7 Å². The molecule has 3 amide bonds. The summed E-state index contributed by atoms with van der Waals surface area (Å²) in [6, 6.07) is 8.03. The van der Waals surface area contributed by atoms with Gasteiger partial charge in [0.1, 0.15) is 6.04 Å². The van der Waals surface area contributed by atoms with E-state index in [0.29, 0.717) is 12.1 Å². The second kappa shape index (κ2) is 9.19. The van der Waals surface area contributed by atoms with Crippen molar-refractivity contribution < 1.29 is 19.5 Å². The third-order valence-electron chi connectivity index (χ3n) is 8.06. The first kappa shape index (κ1) is 25.0. The van der Waals surface area contributed by atoms with E-state index < -0.39 is 33.4 Å². The second-order valence-corrected chi connectivity index (χ2v) is 12.5. The maximum atomic E-state index is 14.1. The van der Waals surface area contributed by atoms with Crippen molar-refractivity contribution in [3.8, 4) is 0 Å². The predicted molar refractivity (Wildman–Crippen MR) is 134 cm³/mol. The van der Waals surface area contributed by atoms with Crippen molar-refractivity contribution in [3.05, 3.63) is 30.3 Å². The molecule has 0 saturated carbocycles. The molecule has 1 aromatic carbocycles. The molecule has 34 heavy (non-hydrogen) atoms. The summed E-state index contributed by atoms with van der Waals surface area (Å²) in [5.74, 6) is -1.65. The average Bonchev–Trinajstić information content (AvgIpc) is 3.35. The van der Waals surface area contributed by atoms with E-state index in [9.17, 15) is 19.5 Å². The van der Waals surface area contributed by atoms with E-state index in [1.165, 1.54) is 0 Å². The molecule has 3 N–H and O–H groups in total. The van der Waals surface area contributed by atoms with E-state index >= 15 is 0 Å². The zero-order valence-corrected chi connectivity index (χ0v) is 21.5. The fourth-order valence-corrected chi connectivity index (χ4v) is 8.68. The molecule has 4 rings (SSSR count). The number of amides is 3. The first-order valence-corrected chi connectivity index (χ1v) is 13.2. The summed E-state index contributed by atoms with van der Waals surface area (Å²) >= 11 is 1.65. The van der Waals surface area contributed by atoms with Gasteiger partial charge in [0.05, 0.1) is 29.2 Å². The number of thioether (sulfide) groups is 1. The van der Waals surface area contributed by atoms with Gasteiger partial charge < -0.3 is 20.6 Å². The van der Waals surface area contributed by atoms with E-state index in [4.69, 9.17) is 0 Å². The monoisotopic (exact) mass is 487 g/mol. The lowest BCUT2D eigenvalue weighted by molar-refractivity contribution is -0.143. The van der Waals surface area contributed by atoms with E-state index in [-0.39, 0.29) is 36.3 Å². The number of carbonyl (C=O) groups is 3. The lowest BCUT2D eigenvalue weighted by Crippen LogP contribution is -2.58. The van der Waals surface area contributed by atoms with Crippen LogP contribution in [0, 0.1) is 17.8 Å². The molecule has 7 atom stereocenters. The molecule has 1 spiro atoms. The Bertz CT molecular complexity index is 957. The number of rotatable bonds is 8. The van der Waals surface area contributed by atoms with Crippen LogP contribution >= 0.6 is 11.8 Å². The molecule has 7 nitrogen and oxygen atoms in total. The van der Waals surface area contributed by atoms with Crippen molar-refractivity contribution in [2.45, 2.75) is 81.5 Å². The SMILES string of the molecule is CC[C@H](C)[C@H](CO)N1C(=O)[C@@H]2[C@@H](C(=O)Nc3ccccc3)[C@@]3(C)CCC2(S3)C1C(=O)NC(C)C. The largest absolute Gasteiger partial charge is 0.394 e. The summed E-state index contributed by atoms with van der Waals surface area (Å²) < 4.78 is -1.10. The quantitative estimate of drug-likeness (QED) is 0.524. The van der Waals surface area contributed by atoms with Crippen LogP contribution in [0.1, 0.15) is 53.9 Å². The highest BCUT2D eigenvalue weighted by Crippen LogP contribution is 2.71. The van der Waals surface area contributed by atoms with Crippen LogP contribution in [0.5, 0.6) is 0 Å². The summed E-state index contributed by atoms with van der Waals surface area (Å²) in [4.78, 5) is 43.1. The highest BCUT2D eigenvalue weighted by molar-refractivity contribution is 8.02. The van der Waals surface area contributed by atoms with Gasteiger partial charge in [-0.3, -0.25) is 14.4 Å². The number of nitrogens with zero attached hydrogens (tertiary/aromatic N) is 1. The maximum absolute atomic E-state index is 14.1. The first-order chi connectivity index (χ1) is 16.1.